The van der Waals surface area contributed by atoms with Crippen LogP contribution in [0, 0.1) is 0 Å². The molecule has 0 radical (unpaired) electrons. The van der Waals surface area contributed by atoms with Gasteiger partial charge in [-0.15, -0.1) is 0 Å². The average Bonchev–Trinajstić information content (AvgIpc) is 2.41. The summed E-state index contributed by atoms with van der Waals surface area (Å²) in [4.78, 5) is 23.0. The predicted octanol–water partition coefficient (Wildman–Crippen LogP) is 3.62. The number of H-pyrrole nitrogens is 1. The third-order valence-corrected chi connectivity index (χ3v) is 4.19. The van der Waals surface area contributed by atoms with E-state index in [4.69, 9.17) is 23.2 Å². The Kier molecular flexibility index (Phi) is 5.50. The van der Waals surface area contributed by atoms with Crippen LogP contribution in [0.4, 0.5) is 5.82 Å². The highest BCUT2D eigenvalue weighted by Gasteiger charge is 2.12. The SMILES string of the molecule is CCCc1cc(=O)[nH]c(Sc2nc(NC)c(Cl)cc2Cl)n1. The molecule has 0 aliphatic carbocycles. The minimum absolute atomic E-state index is 0.185. The van der Waals surface area contributed by atoms with Crippen molar-refractivity contribution in [2.75, 3.05) is 12.4 Å². The molecule has 21 heavy (non-hydrogen) atoms. The average molecular weight is 345 g/mol. The van der Waals surface area contributed by atoms with Gasteiger partial charge in [0.05, 0.1) is 10.0 Å². The molecule has 2 aromatic rings. The highest BCUT2D eigenvalue weighted by Crippen LogP contribution is 2.34. The lowest BCUT2D eigenvalue weighted by molar-refractivity contribution is 0.815. The number of nitrogens with one attached hydrogen (secondary N) is 2. The van der Waals surface area contributed by atoms with Gasteiger partial charge in [0.15, 0.2) is 5.16 Å². The zero-order valence-electron chi connectivity index (χ0n) is 11.5. The summed E-state index contributed by atoms with van der Waals surface area (Å²) >= 11 is 13.3. The normalized spacial score (nSPS) is 10.7. The van der Waals surface area contributed by atoms with Gasteiger partial charge in [0, 0.05) is 18.8 Å². The highest BCUT2D eigenvalue weighted by molar-refractivity contribution is 7.99. The maximum Gasteiger partial charge on any atom is 0.251 e. The molecule has 0 aromatic carbocycles. The van der Waals surface area contributed by atoms with Crippen LogP contribution in [0.1, 0.15) is 19.0 Å². The van der Waals surface area contributed by atoms with Crippen molar-refractivity contribution in [3.8, 4) is 0 Å². The Hall–Kier alpha value is -1.24. The van der Waals surface area contributed by atoms with Crippen molar-refractivity contribution in [3.63, 3.8) is 0 Å². The molecule has 0 saturated carbocycles. The van der Waals surface area contributed by atoms with Gasteiger partial charge >= 0.3 is 0 Å². The minimum atomic E-state index is -0.185. The Morgan fingerprint density at radius 3 is 2.71 bits per heavy atom. The summed E-state index contributed by atoms with van der Waals surface area (Å²) in [5.74, 6) is 0.524. The van der Waals surface area contributed by atoms with Crippen LogP contribution >= 0.6 is 35.0 Å². The van der Waals surface area contributed by atoms with E-state index in [1.807, 2.05) is 6.92 Å². The Bertz CT molecular complexity index is 705. The zero-order valence-corrected chi connectivity index (χ0v) is 13.9. The van der Waals surface area contributed by atoms with Crippen LogP contribution in [0.5, 0.6) is 0 Å². The van der Waals surface area contributed by atoms with Gasteiger partial charge in [0.1, 0.15) is 10.8 Å². The summed E-state index contributed by atoms with van der Waals surface area (Å²) in [5, 5.41) is 4.72. The summed E-state index contributed by atoms with van der Waals surface area (Å²) in [6.07, 6.45) is 1.67. The third-order valence-electron chi connectivity index (χ3n) is 2.61. The quantitative estimate of drug-likeness (QED) is 0.810. The molecule has 0 fully saturated rings. The van der Waals surface area contributed by atoms with E-state index in [1.54, 1.807) is 13.1 Å². The number of hydrogen-bond donors (Lipinski definition) is 2. The van der Waals surface area contributed by atoms with E-state index in [0.29, 0.717) is 26.0 Å². The van der Waals surface area contributed by atoms with Crippen molar-refractivity contribution in [1.82, 2.24) is 15.0 Å². The fraction of sp³-hybridized carbons (Fsp3) is 0.308. The van der Waals surface area contributed by atoms with Gasteiger partial charge in [0.25, 0.3) is 5.56 Å². The van der Waals surface area contributed by atoms with Crippen molar-refractivity contribution < 1.29 is 0 Å². The number of aryl methyl sites for hydroxylation is 1. The maximum absolute atomic E-state index is 11.6. The number of anilines is 1. The van der Waals surface area contributed by atoms with E-state index in [1.165, 1.54) is 17.8 Å². The van der Waals surface area contributed by atoms with Gasteiger partial charge in [-0.2, -0.15) is 0 Å². The number of rotatable bonds is 5. The largest absolute Gasteiger partial charge is 0.372 e. The van der Waals surface area contributed by atoms with Gasteiger partial charge in [0.2, 0.25) is 0 Å². The predicted molar refractivity (Wildman–Crippen MR) is 86.8 cm³/mol. The molecule has 112 valence electrons. The Balaban J connectivity index is 2.35. The van der Waals surface area contributed by atoms with Crippen LogP contribution in [0.25, 0.3) is 0 Å². The number of hydrogen-bond acceptors (Lipinski definition) is 5. The van der Waals surface area contributed by atoms with Gasteiger partial charge in [-0.3, -0.25) is 4.79 Å². The van der Waals surface area contributed by atoms with E-state index < -0.39 is 0 Å². The molecule has 0 unspecified atom stereocenters. The van der Waals surface area contributed by atoms with Crippen molar-refractivity contribution >= 4 is 40.8 Å². The fourth-order valence-corrected chi connectivity index (χ4v) is 3.06. The van der Waals surface area contributed by atoms with Crippen molar-refractivity contribution in [1.29, 1.82) is 0 Å². The summed E-state index contributed by atoms with van der Waals surface area (Å²) in [6.45, 7) is 2.03. The van der Waals surface area contributed by atoms with Gasteiger partial charge in [-0.25, -0.2) is 9.97 Å². The molecule has 0 amide bonds. The van der Waals surface area contributed by atoms with Gasteiger partial charge in [-0.1, -0.05) is 36.5 Å². The smallest absolute Gasteiger partial charge is 0.251 e. The number of aromatic nitrogens is 3. The maximum atomic E-state index is 11.6. The first-order chi connectivity index (χ1) is 10.0. The first-order valence-electron chi connectivity index (χ1n) is 6.35. The molecule has 2 heterocycles. The molecule has 0 atom stereocenters. The molecule has 0 aliphatic rings. The molecule has 2 rings (SSSR count). The molecular formula is C13H14Cl2N4OS. The first-order valence-corrected chi connectivity index (χ1v) is 7.92. The van der Waals surface area contributed by atoms with E-state index in [-0.39, 0.29) is 5.56 Å². The number of nitrogens with zero attached hydrogens (tertiary/aromatic N) is 2. The number of halogens is 2. The molecule has 8 heteroatoms. The van der Waals surface area contributed by atoms with Crippen LogP contribution in [0.3, 0.4) is 0 Å². The van der Waals surface area contributed by atoms with Crippen molar-refractivity contribution in [2.24, 2.45) is 0 Å². The van der Waals surface area contributed by atoms with E-state index in [0.717, 1.165) is 18.5 Å². The molecule has 0 spiro atoms. The molecule has 2 N–H and O–H groups in total. The standard InChI is InChI=1S/C13H14Cl2N4OS/c1-3-4-7-5-10(20)18-13(17-7)21-12-9(15)6-8(14)11(16-2)19-12/h5-6H,3-4H2,1-2H3,(H,16,19)(H,17,18,20). The molecule has 0 saturated heterocycles. The second kappa shape index (κ2) is 7.15. The zero-order chi connectivity index (χ0) is 15.4. The second-order valence-corrected chi connectivity index (χ2v) is 6.04. The van der Waals surface area contributed by atoms with E-state index in [9.17, 15) is 4.79 Å². The van der Waals surface area contributed by atoms with E-state index >= 15 is 0 Å². The number of pyridine rings is 1. The Labute approximate surface area is 136 Å². The lowest BCUT2D eigenvalue weighted by Crippen LogP contribution is -2.10. The van der Waals surface area contributed by atoms with Crippen LogP contribution < -0.4 is 10.9 Å². The van der Waals surface area contributed by atoms with Crippen LogP contribution in [-0.4, -0.2) is 22.0 Å². The first kappa shape index (κ1) is 16.1. The molecule has 2 aromatic heterocycles. The van der Waals surface area contributed by atoms with Gasteiger partial charge < -0.3 is 10.3 Å². The summed E-state index contributed by atoms with van der Waals surface area (Å²) in [7, 11) is 1.72. The summed E-state index contributed by atoms with van der Waals surface area (Å²) < 4.78 is 0. The fourth-order valence-electron chi connectivity index (χ4n) is 1.70. The topological polar surface area (TPSA) is 70.7 Å². The molecule has 0 aliphatic heterocycles. The molecule has 0 bridgehead atoms. The molecule has 5 nitrogen and oxygen atoms in total. The Morgan fingerprint density at radius 2 is 2.05 bits per heavy atom. The van der Waals surface area contributed by atoms with Crippen molar-refractivity contribution in [2.45, 2.75) is 29.9 Å². The van der Waals surface area contributed by atoms with E-state index in [2.05, 4.69) is 20.3 Å². The van der Waals surface area contributed by atoms with Crippen LogP contribution in [0.15, 0.2) is 27.1 Å². The molecular weight excluding hydrogens is 331 g/mol. The number of aromatic amines is 1. The summed E-state index contributed by atoms with van der Waals surface area (Å²) in [5.41, 5.74) is 0.567. The summed E-state index contributed by atoms with van der Waals surface area (Å²) in [6, 6.07) is 3.11. The third kappa shape index (κ3) is 4.12. The van der Waals surface area contributed by atoms with Gasteiger partial charge in [-0.05, 0) is 24.2 Å². The van der Waals surface area contributed by atoms with Crippen LogP contribution in [-0.2, 0) is 6.42 Å². The lowest BCUT2D eigenvalue weighted by Gasteiger charge is -2.08. The minimum Gasteiger partial charge on any atom is -0.372 e. The second-order valence-electron chi connectivity index (χ2n) is 4.25. The van der Waals surface area contributed by atoms with Crippen molar-refractivity contribution in [3.05, 3.63) is 38.2 Å². The Morgan fingerprint density at radius 1 is 1.29 bits per heavy atom. The van der Waals surface area contributed by atoms with Crippen LogP contribution in [0.2, 0.25) is 10.0 Å². The highest BCUT2D eigenvalue weighted by atomic mass is 35.5. The lowest BCUT2D eigenvalue weighted by atomic mass is 10.2. The monoisotopic (exact) mass is 344 g/mol.